The molecule has 0 aliphatic carbocycles. The van der Waals surface area contributed by atoms with Crippen LogP contribution in [0.4, 0.5) is 4.39 Å². The second kappa shape index (κ2) is 7.73. The number of nitrogens with zero attached hydrogens (tertiary/aromatic N) is 1. The maximum absolute atomic E-state index is 13.9. The summed E-state index contributed by atoms with van der Waals surface area (Å²) in [6.45, 7) is 3.14. The van der Waals surface area contributed by atoms with E-state index in [1.165, 1.54) is 13.2 Å². The molecule has 118 valence electrons. The molecule has 1 aromatic carbocycles. The number of halogens is 1. The maximum Gasteiger partial charge on any atom is 0.131 e. The van der Waals surface area contributed by atoms with Crippen LogP contribution in [-0.4, -0.2) is 43.4 Å². The number of hydrogen-bond donors (Lipinski definition) is 2. The minimum Gasteiger partial charge on any atom is -0.496 e. The Balaban J connectivity index is 1.89. The van der Waals surface area contributed by atoms with Crippen LogP contribution >= 0.6 is 0 Å². The van der Waals surface area contributed by atoms with E-state index in [1.54, 1.807) is 12.1 Å². The first-order valence-electron chi connectivity index (χ1n) is 7.57. The summed E-state index contributed by atoms with van der Waals surface area (Å²) in [5.74, 6) is 0.790. The second-order valence-electron chi connectivity index (χ2n) is 5.72. The van der Waals surface area contributed by atoms with Gasteiger partial charge >= 0.3 is 0 Å². The zero-order valence-electron chi connectivity index (χ0n) is 12.6. The van der Waals surface area contributed by atoms with Gasteiger partial charge in [-0.2, -0.15) is 0 Å². The van der Waals surface area contributed by atoms with Crippen molar-refractivity contribution >= 4 is 0 Å². The Morgan fingerprint density at radius 1 is 1.52 bits per heavy atom. The first kappa shape index (κ1) is 16.2. The van der Waals surface area contributed by atoms with Crippen LogP contribution in [-0.2, 0) is 0 Å². The first-order chi connectivity index (χ1) is 10.2. The molecule has 4 nitrogen and oxygen atoms in total. The lowest BCUT2D eigenvalue weighted by Crippen LogP contribution is -2.26. The van der Waals surface area contributed by atoms with Gasteiger partial charge in [0.1, 0.15) is 11.6 Å². The average molecular weight is 296 g/mol. The van der Waals surface area contributed by atoms with Crippen molar-refractivity contribution in [3.05, 3.63) is 29.6 Å². The van der Waals surface area contributed by atoms with Crippen molar-refractivity contribution < 1.29 is 14.2 Å². The Morgan fingerprint density at radius 2 is 2.33 bits per heavy atom. The number of rotatable bonds is 7. The van der Waals surface area contributed by atoms with E-state index >= 15 is 0 Å². The third-order valence-corrected chi connectivity index (χ3v) is 4.27. The highest BCUT2D eigenvalue weighted by molar-refractivity contribution is 5.37. The van der Waals surface area contributed by atoms with Gasteiger partial charge in [0.2, 0.25) is 0 Å². The van der Waals surface area contributed by atoms with Crippen LogP contribution < -0.4 is 10.5 Å². The summed E-state index contributed by atoms with van der Waals surface area (Å²) in [6, 6.07) is 4.43. The molecule has 1 fully saturated rings. The molecule has 21 heavy (non-hydrogen) atoms. The molecule has 5 heteroatoms. The van der Waals surface area contributed by atoms with Crippen LogP contribution in [0.25, 0.3) is 0 Å². The van der Waals surface area contributed by atoms with Crippen LogP contribution in [0.2, 0.25) is 0 Å². The normalized spacial score (nSPS) is 20.7. The quantitative estimate of drug-likeness (QED) is 0.807. The number of hydrogen-bond acceptors (Lipinski definition) is 4. The largest absolute Gasteiger partial charge is 0.496 e. The van der Waals surface area contributed by atoms with E-state index < -0.39 is 0 Å². The Hall–Kier alpha value is -1.17. The summed E-state index contributed by atoms with van der Waals surface area (Å²) in [7, 11) is 1.53. The van der Waals surface area contributed by atoms with Gasteiger partial charge in [-0.3, -0.25) is 0 Å². The highest BCUT2D eigenvalue weighted by Crippen LogP contribution is 2.29. The van der Waals surface area contributed by atoms with Crippen molar-refractivity contribution in [1.82, 2.24) is 4.90 Å². The summed E-state index contributed by atoms with van der Waals surface area (Å²) in [4.78, 5) is 2.34. The first-order valence-corrected chi connectivity index (χ1v) is 7.57. The van der Waals surface area contributed by atoms with E-state index in [-0.39, 0.29) is 18.5 Å². The SMILES string of the molecule is COc1cccc(F)c1C(N)CCN1CCC(CCO)C1. The Bertz CT molecular complexity index is 456. The van der Waals surface area contributed by atoms with Gasteiger partial charge in [-0.25, -0.2) is 4.39 Å². The van der Waals surface area contributed by atoms with E-state index in [0.717, 1.165) is 32.5 Å². The number of likely N-dealkylation sites (tertiary alicyclic amines) is 1. The highest BCUT2D eigenvalue weighted by atomic mass is 19.1. The van der Waals surface area contributed by atoms with Gasteiger partial charge in [0, 0.05) is 24.8 Å². The van der Waals surface area contributed by atoms with Crippen LogP contribution in [0.5, 0.6) is 5.75 Å². The van der Waals surface area contributed by atoms with E-state index in [0.29, 0.717) is 23.7 Å². The summed E-state index contributed by atoms with van der Waals surface area (Å²) < 4.78 is 19.2. The van der Waals surface area contributed by atoms with Crippen molar-refractivity contribution in [3.63, 3.8) is 0 Å². The molecule has 2 atom stereocenters. The van der Waals surface area contributed by atoms with E-state index in [2.05, 4.69) is 4.90 Å². The van der Waals surface area contributed by atoms with Crippen molar-refractivity contribution in [2.24, 2.45) is 11.7 Å². The number of aliphatic hydroxyl groups excluding tert-OH is 1. The Kier molecular flexibility index (Phi) is 5.96. The molecule has 0 saturated carbocycles. The fourth-order valence-corrected chi connectivity index (χ4v) is 3.06. The standard InChI is InChI=1S/C16H25FN2O2/c1-21-15-4-2-3-13(17)16(15)14(18)6-9-19-8-5-12(11-19)7-10-20/h2-4,12,14,20H,5-11,18H2,1H3. The summed E-state index contributed by atoms with van der Waals surface area (Å²) in [6.07, 6.45) is 2.69. The molecule has 0 spiro atoms. The van der Waals surface area contributed by atoms with Gasteiger partial charge in [-0.15, -0.1) is 0 Å². The number of methoxy groups -OCH3 is 1. The molecule has 2 rings (SSSR count). The summed E-state index contributed by atoms with van der Waals surface area (Å²) >= 11 is 0. The third kappa shape index (κ3) is 4.15. The molecule has 0 bridgehead atoms. The van der Waals surface area contributed by atoms with Crippen molar-refractivity contribution in [2.75, 3.05) is 33.4 Å². The lowest BCUT2D eigenvalue weighted by molar-refractivity contribution is 0.248. The molecule has 1 aliphatic rings. The predicted octanol–water partition coefficient (Wildman–Crippen LogP) is 1.93. The Morgan fingerprint density at radius 3 is 3.05 bits per heavy atom. The van der Waals surface area contributed by atoms with Crippen LogP contribution in [0.1, 0.15) is 30.9 Å². The number of benzene rings is 1. The molecule has 2 unspecified atom stereocenters. The molecule has 3 N–H and O–H groups in total. The summed E-state index contributed by atoms with van der Waals surface area (Å²) in [5, 5.41) is 8.97. The van der Waals surface area contributed by atoms with Gasteiger partial charge < -0.3 is 20.5 Å². The van der Waals surface area contributed by atoms with Crippen molar-refractivity contribution in [3.8, 4) is 5.75 Å². The molecule has 0 amide bonds. The molecular weight excluding hydrogens is 271 g/mol. The van der Waals surface area contributed by atoms with Gasteiger partial charge in [-0.1, -0.05) is 6.07 Å². The highest BCUT2D eigenvalue weighted by Gasteiger charge is 2.23. The number of nitrogens with two attached hydrogens (primary N) is 1. The van der Waals surface area contributed by atoms with Gasteiger partial charge in [0.25, 0.3) is 0 Å². The average Bonchev–Trinajstić information content (AvgIpc) is 2.92. The summed E-state index contributed by atoms with van der Waals surface area (Å²) in [5.41, 5.74) is 6.62. The molecule has 0 aromatic heterocycles. The van der Waals surface area contributed by atoms with Crippen LogP contribution in [0, 0.1) is 11.7 Å². The topological polar surface area (TPSA) is 58.7 Å². The zero-order valence-corrected chi connectivity index (χ0v) is 12.6. The fourth-order valence-electron chi connectivity index (χ4n) is 3.06. The van der Waals surface area contributed by atoms with E-state index in [4.69, 9.17) is 15.6 Å². The van der Waals surface area contributed by atoms with Crippen molar-refractivity contribution in [2.45, 2.75) is 25.3 Å². The molecular formula is C16H25FN2O2. The molecule has 1 aromatic rings. The smallest absolute Gasteiger partial charge is 0.131 e. The number of aliphatic hydroxyl groups is 1. The molecule has 0 radical (unpaired) electrons. The van der Waals surface area contributed by atoms with Crippen molar-refractivity contribution in [1.29, 1.82) is 0 Å². The minimum atomic E-state index is -0.363. The van der Waals surface area contributed by atoms with Crippen LogP contribution in [0.3, 0.4) is 0 Å². The maximum atomic E-state index is 13.9. The fraction of sp³-hybridized carbons (Fsp3) is 0.625. The zero-order chi connectivity index (χ0) is 15.2. The Labute approximate surface area is 125 Å². The van der Waals surface area contributed by atoms with E-state index in [9.17, 15) is 4.39 Å². The lowest BCUT2D eigenvalue weighted by Gasteiger charge is -2.20. The molecule has 1 heterocycles. The predicted molar refractivity (Wildman–Crippen MR) is 80.7 cm³/mol. The van der Waals surface area contributed by atoms with Gasteiger partial charge in [-0.05, 0) is 50.4 Å². The number of ether oxygens (including phenoxy) is 1. The van der Waals surface area contributed by atoms with Gasteiger partial charge in [0.05, 0.1) is 7.11 Å². The van der Waals surface area contributed by atoms with E-state index in [1.807, 2.05) is 0 Å². The molecule has 1 aliphatic heterocycles. The second-order valence-corrected chi connectivity index (χ2v) is 5.72. The minimum absolute atomic E-state index is 0.254. The van der Waals surface area contributed by atoms with Crippen LogP contribution in [0.15, 0.2) is 18.2 Å². The molecule has 1 saturated heterocycles. The third-order valence-electron chi connectivity index (χ3n) is 4.27. The van der Waals surface area contributed by atoms with Gasteiger partial charge in [0.15, 0.2) is 0 Å². The monoisotopic (exact) mass is 296 g/mol. The lowest BCUT2D eigenvalue weighted by atomic mass is 10.0.